The summed E-state index contributed by atoms with van der Waals surface area (Å²) in [5.41, 5.74) is 0. The van der Waals surface area contributed by atoms with Crippen LogP contribution in [-0.4, -0.2) is 54.2 Å². The molecule has 0 bridgehead atoms. The van der Waals surface area contributed by atoms with Gasteiger partial charge in [-0.3, -0.25) is 0 Å². The largest absolute Gasteiger partial charge is 0.447 e. The van der Waals surface area contributed by atoms with E-state index in [2.05, 4.69) is 11.8 Å². The zero-order valence-corrected chi connectivity index (χ0v) is 12.3. The summed E-state index contributed by atoms with van der Waals surface area (Å²) in [7, 11) is 0. The number of piperidine rings is 1. The van der Waals surface area contributed by atoms with Crippen LogP contribution in [0.25, 0.3) is 0 Å². The Hall–Kier alpha value is -0.770. The van der Waals surface area contributed by atoms with Crippen molar-refractivity contribution < 1.29 is 9.53 Å². The highest BCUT2D eigenvalue weighted by atomic mass is 16.6. The van der Waals surface area contributed by atoms with Crippen molar-refractivity contribution in [2.75, 3.05) is 26.2 Å². The highest BCUT2D eigenvalue weighted by Crippen LogP contribution is 2.18. The summed E-state index contributed by atoms with van der Waals surface area (Å²) in [6, 6.07) is 0.356. The molecule has 0 radical (unpaired) electrons. The Morgan fingerprint density at radius 1 is 1.33 bits per heavy atom. The maximum Gasteiger partial charge on any atom is 0.410 e. The number of nitrogens with zero attached hydrogens (tertiary/aromatic N) is 2. The zero-order chi connectivity index (χ0) is 13.5. The second-order valence-electron chi connectivity index (χ2n) is 5.29. The molecule has 0 unspecified atom stereocenters. The molecule has 0 N–H and O–H groups in total. The van der Waals surface area contributed by atoms with Crippen molar-refractivity contribution >= 4 is 6.09 Å². The zero-order valence-electron chi connectivity index (χ0n) is 12.3. The second-order valence-corrected chi connectivity index (χ2v) is 5.29. The lowest BCUT2D eigenvalue weighted by Crippen LogP contribution is -2.48. The lowest BCUT2D eigenvalue weighted by Gasteiger charge is -2.37. The van der Waals surface area contributed by atoms with E-state index < -0.39 is 0 Å². The first-order valence-electron chi connectivity index (χ1n) is 7.28. The first-order chi connectivity index (χ1) is 8.58. The van der Waals surface area contributed by atoms with Gasteiger partial charge in [0, 0.05) is 25.7 Å². The number of rotatable bonds is 5. The Morgan fingerprint density at radius 2 is 1.94 bits per heavy atom. The topological polar surface area (TPSA) is 32.8 Å². The van der Waals surface area contributed by atoms with Crippen molar-refractivity contribution in [3.05, 3.63) is 0 Å². The van der Waals surface area contributed by atoms with Crippen molar-refractivity contribution in [3.63, 3.8) is 0 Å². The summed E-state index contributed by atoms with van der Waals surface area (Å²) in [6.07, 6.45) is 3.16. The first kappa shape index (κ1) is 15.3. The van der Waals surface area contributed by atoms with Gasteiger partial charge < -0.3 is 14.5 Å². The lowest BCUT2D eigenvalue weighted by atomic mass is 10.0. The molecule has 1 aliphatic rings. The normalized spacial score (nSPS) is 18.1. The number of hydrogen-bond acceptors (Lipinski definition) is 3. The Morgan fingerprint density at radius 3 is 2.39 bits per heavy atom. The molecule has 0 aromatic heterocycles. The van der Waals surface area contributed by atoms with Crippen molar-refractivity contribution in [1.82, 2.24) is 9.80 Å². The molecule has 4 nitrogen and oxygen atoms in total. The van der Waals surface area contributed by atoms with Gasteiger partial charge in [-0.15, -0.1) is 0 Å². The maximum atomic E-state index is 12.0. The average Bonchev–Trinajstić information content (AvgIpc) is 2.31. The van der Waals surface area contributed by atoms with E-state index in [9.17, 15) is 4.79 Å². The van der Waals surface area contributed by atoms with E-state index in [1.165, 1.54) is 13.0 Å². The van der Waals surface area contributed by atoms with Gasteiger partial charge in [-0.2, -0.15) is 0 Å². The number of carbonyl (C=O) groups excluding carboxylic acids is 1. The van der Waals surface area contributed by atoms with E-state index in [0.29, 0.717) is 6.04 Å². The summed E-state index contributed by atoms with van der Waals surface area (Å²) in [5.74, 6) is 0. The number of hydrogen-bond donors (Lipinski definition) is 0. The lowest BCUT2D eigenvalue weighted by molar-refractivity contribution is 0.0498. The predicted molar refractivity (Wildman–Crippen MR) is 73.8 cm³/mol. The highest BCUT2D eigenvalue weighted by Gasteiger charge is 2.27. The Kier molecular flexibility index (Phi) is 6.47. The molecular weight excluding hydrogens is 228 g/mol. The van der Waals surface area contributed by atoms with Gasteiger partial charge in [0.15, 0.2) is 0 Å². The van der Waals surface area contributed by atoms with Crippen LogP contribution in [0.3, 0.4) is 0 Å². The number of likely N-dealkylation sites (tertiary alicyclic amines) is 1. The van der Waals surface area contributed by atoms with Crippen LogP contribution in [0.1, 0.15) is 47.0 Å². The molecule has 4 heteroatoms. The van der Waals surface area contributed by atoms with Gasteiger partial charge in [0.1, 0.15) is 0 Å². The number of amides is 1. The SMILES string of the molecule is CCCN1CCC(N(CC)C(=O)OC(C)C)CC1. The van der Waals surface area contributed by atoms with E-state index in [0.717, 1.165) is 32.5 Å². The minimum Gasteiger partial charge on any atom is -0.447 e. The van der Waals surface area contributed by atoms with E-state index >= 15 is 0 Å². The van der Waals surface area contributed by atoms with E-state index in [4.69, 9.17) is 4.74 Å². The number of carbonyl (C=O) groups is 1. The Labute approximate surface area is 111 Å². The molecular formula is C14H28N2O2. The summed E-state index contributed by atoms with van der Waals surface area (Å²) < 4.78 is 5.30. The van der Waals surface area contributed by atoms with E-state index in [-0.39, 0.29) is 12.2 Å². The van der Waals surface area contributed by atoms with Crippen molar-refractivity contribution in [1.29, 1.82) is 0 Å². The third-order valence-electron chi connectivity index (χ3n) is 3.45. The molecule has 106 valence electrons. The van der Waals surface area contributed by atoms with Crippen molar-refractivity contribution in [2.24, 2.45) is 0 Å². The van der Waals surface area contributed by atoms with Crippen LogP contribution in [0.15, 0.2) is 0 Å². The molecule has 1 rings (SSSR count). The fourth-order valence-electron chi connectivity index (χ4n) is 2.58. The van der Waals surface area contributed by atoms with Gasteiger partial charge in [-0.05, 0) is 46.6 Å². The molecule has 0 atom stereocenters. The molecule has 0 spiro atoms. The van der Waals surface area contributed by atoms with E-state index in [1.807, 2.05) is 25.7 Å². The molecule has 18 heavy (non-hydrogen) atoms. The van der Waals surface area contributed by atoms with Crippen LogP contribution in [0.4, 0.5) is 4.79 Å². The molecule has 1 saturated heterocycles. The third kappa shape index (κ3) is 4.48. The van der Waals surface area contributed by atoms with Crippen molar-refractivity contribution in [2.45, 2.75) is 59.1 Å². The van der Waals surface area contributed by atoms with Crippen LogP contribution in [-0.2, 0) is 4.74 Å². The quantitative estimate of drug-likeness (QED) is 0.758. The molecule has 1 aliphatic heterocycles. The molecule has 1 heterocycles. The number of ether oxygens (including phenoxy) is 1. The first-order valence-corrected chi connectivity index (χ1v) is 7.28. The van der Waals surface area contributed by atoms with Crippen LogP contribution in [0, 0.1) is 0 Å². The minimum absolute atomic E-state index is 0.0354. The van der Waals surface area contributed by atoms with Crippen LogP contribution in [0.2, 0.25) is 0 Å². The Bertz CT molecular complexity index is 248. The van der Waals surface area contributed by atoms with E-state index in [1.54, 1.807) is 0 Å². The molecule has 1 amide bonds. The van der Waals surface area contributed by atoms with Gasteiger partial charge >= 0.3 is 6.09 Å². The Balaban J connectivity index is 2.45. The third-order valence-corrected chi connectivity index (χ3v) is 3.45. The fourth-order valence-corrected chi connectivity index (χ4v) is 2.58. The molecule has 1 fully saturated rings. The molecule has 0 aliphatic carbocycles. The minimum atomic E-state index is -0.151. The highest BCUT2D eigenvalue weighted by molar-refractivity contribution is 5.68. The summed E-state index contributed by atoms with van der Waals surface area (Å²) in [4.78, 5) is 16.4. The molecule has 0 saturated carbocycles. The summed E-state index contributed by atoms with van der Waals surface area (Å²) in [6.45, 7) is 12.2. The van der Waals surface area contributed by atoms with Crippen molar-refractivity contribution in [3.8, 4) is 0 Å². The van der Waals surface area contributed by atoms with Crippen LogP contribution in [0.5, 0.6) is 0 Å². The molecule has 0 aromatic carbocycles. The second kappa shape index (κ2) is 7.62. The van der Waals surface area contributed by atoms with Gasteiger partial charge in [0.05, 0.1) is 6.10 Å². The average molecular weight is 256 g/mol. The monoisotopic (exact) mass is 256 g/mol. The smallest absolute Gasteiger partial charge is 0.410 e. The summed E-state index contributed by atoms with van der Waals surface area (Å²) >= 11 is 0. The summed E-state index contributed by atoms with van der Waals surface area (Å²) in [5, 5.41) is 0. The molecule has 0 aromatic rings. The van der Waals surface area contributed by atoms with Gasteiger partial charge in [0.25, 0.3) is 0 Å². The predicted octanol–water partition coefficient (Wildman–Crippen LogP) is 2.73. The maximum absolute atomic E-state index is 12.0. The van der Waals surface area contributed by atoms with Gasteiger partial charge in [-0.1, -0.05) is 6.92 Å². The van der Waals surface area contributed by atoms with Gasteiger partial charge in [0.2, 0.25) is 0 Å². The van der Waals surface area contributed by atoms with Crippen LogP contribution < -0.4 is 0 Å². The standard InChI is InChI=1S/C14H28N2O2/c1-5-9-15-10-7-13(8-11-15)16(6-2)14(17)18-12(3)4/h12-13H,5-11H2,1-4H3. The fraction of sp³-hybridized carbons (Fsp3) is 0.929. The van der Waals surface area contributed by atoms with Gasteiger partial charge in [-0.25, -0.2) is 4.79 Å². The van der Waals surface area contributed by atoms with Crippen LogP contribution >= 0.6 is 0 Å².